The molecule has 0 aliphatic heterocycles. The van der Waals surface area contributed by atoms with Gasteiger partial charge >= 0.3 is 106 Å². The maximum atomic E-state index is 8.58. The van der Waals surface area contributed by atoms with Gasteiger partial charge in [-0.3, -0.25) is 0 Å². The average molecular weight is 324 g/mol. The molecule has 9 heteroatoms. The molecule has 0 aliphatic rings. The average Bonchev–Trinajstić information content (AvgIpc) is 2.26. The largest absolute Gasteiger partial charge is 2.00 e. The van der Waals surface area contributed by atoms with Crippen LogP contribution in [0.3, 0.4) is 0 Å². The van der Waals surface area contributed by atoms with Crippen molar-refractivity contribution in [3.8, 4) is 29.8 Å². The Morgan fingerprint density at radius 1 is 0.467 bits per heavy atom. The predicted octanol–water partition coefficient (Wildman–Crippen LogP) is 0.0932. The topological polar surface area (TPSA) is 143 Å². The summed E-state index contributed by atoms with van der Waals surface area (Å²) in [6.45, 7) is 0. The number of hydrogen-bond acceptors (Lipinski definition) is 6. The third-order valence-corrected chi connectivity index (χ3v) is 4.89. The number of nitrogens with zero attached hydrogens (tertiary/aromatic N) is 6. The van der Waals surface area contributed by atoms with Crippen LogP contribution in [0.2, 0.25) is 0 Å². The van der Waals surface area contributed by atoms with Gasteiger partial charge in [0.1, 0.15) is 0 Å². The molecule has 0 spiro atoms. The van der Waals surface area contributed by atoms with Gasteiger partial charge in [-0.05, 0) is 0 Å². The fourth-order valence-corrected chi connectivity index (χ4v) is 1.09. The molecule has 0 aliphatic carbocycles. The second-order valence-electron chi connectivity index (χ2n) is 1.80. The van der Waals surface area contributed by atoms with Crippen molar-refractivity contribution in [2.75, 3.05) is 0 Å². The molecule has 0 aromatic carbocycles. The molecule has 0 unspecified atom stereocenters. The van der Waals surface area contributed by atoms with E-state index in [4.69, 9.17) is 31.6 Å². The molecule has 0 N–H and O–H groups in total. The molecule has 15 heavy (non-hydrogen) atoms. The Kier molecular flexibility index (Phi) is 5.54. The van der Waals surface area contributed by atoms with Crippen LogP contribution in [0.4, 0.5) is 0 Å². The summed E-state index contributed by atoms with van der Waals surface area (Å²) in [4.78, 5) is 6.19. The molecule has 0 bridgehead atoms. The van der Waals surface area contributed by atoms with Gasteiger partial charge in [0, 0.05) is 0 Å². The fourth-order valence-electron chi connectivity index (χ4n) is 0.265. The Hall–Kier alpha value is -1.50. The summed E-state index contributed by atoms with van der Waals surface area (Å²) in [5.41, 5.74) is 0. The minimum atomic E-state index is -6.17. The summed E-state index contributed by atoms with van der Waals surface area (Å²) in [5, 5.41) is 51.5. The van der Waals surface area contributed by atoms with Crippen LogP contribution in [-0.4, -0.2) is 0 Å². The predicted molar refractivity (Wildman–Crippen MR) is 33.7 cm³/mol. The van der Waals surface area contributed by atoms with Gasteiger partial charge in [0.2, 0.25) is 0 Å². The molecular formula is C6Fe3N6. The van der Waals surface area contributed by atoms with Gasteiger partial charge in [-0.2, -0.15) is 0 Å². The van der Waals surface area contributed by atoms with Crippen molar-refractivity contribution in [2.45, 2.75) is 0 Å². The van der Waals surface area contributed by atoms with Crippen molar-refractivity contribution in [1.29, 1.82) is 31.6 Å². The van der Waals surface area contributed by atoms with Crippen molar-refractivity contribution in [3.63, 3.8) is 0 Å². The third-order valence-electron chi connectivity index (χ3n) is 1.19. The van der Waals surface area contributed by atoms with Crippen molar-refractivity contribution >= 4 is 0 Å². The molecule has 0 saturated heterocycles. The first-order valence-electron chi connectivity index (χ1n) is 2.40. The van der Waals surface area contributed by atoms with Crippen LogP contribution in [0.15, 0.2) is 0 Å². The number of rotatable bonds is 0. The van der Waals surface area contributed by atoms with Crippen molar-refractivity contribution < 1.29 is 44.9 Å². The first kappa shape index (κ1) is 19.1. The van der Waals surface area contributed by atoms with Crippen LogP contribution in [0.5, 0.6) is 0 Å². The Bertz CT molecular complexity index is 393. The van der Waals surface area contributed by atoms with Crippen molar-refractivity contribution in [2.24, 2.45) is 0 Å². The van der Waals surface area contributed by atoms with Crippen LogP contribution in [0, 0.1) is 61.4 Å². The zero-order valence-corrected chi connectivity index (χ0v) is 10.1. The van der Waals surface area contributed by atoms with Gasteiger partial charge in [-0.1, -0.05) is 0 Å². The summed E-state index contributed by atoms with van der Waals surface area (Å²) < 4.78 is 0. The first-order valence-corrected chi connectivity index (χ1v) is 5.71. The van der Waals surface area contributed by atoms with E-state index in [1.807, 2.05) is 0 Å². The van der Waals surface area contributed by atoms with Crippen LogP contribution in [0.1, 0.15) is 0 Å². The molecule has 0 atom stereocenters. The van der Waals surface area contributed by atoms with Gasteiger partial charge in [0.15, 0.2) is 0 Å². The molecule has 0 heterocycles. The Balaban J connectivity index is -0.000000720. The zero-order chi connectivity index (χ0) is 10.7. The van der Waals surface area contributed by atoms with E-state index in [0.29, 0.717) is 0 Å². The fraction of sp³-hybridized carbons (Fsp3) is 0. The second-order valence-corrected chi connectivity index (χ2v) is 7.42. The molecule has 0 saturated carbocycles. The molecular weight excluding hydrogens is 324 g/mol. The molecule has 0 fully saturated rings. The normalized spacial score (nSPS) is 11.6. The molecule has 78 valence electrons. The summed E-state index contributed by atoms with van der Waals surface area (Å²) in [6, 6.07) is 0. The van der Waals surface area contributed by atoms with Crippen LogP contribution >= 0.6 is 0 Å². The summed E-state index contributed by atoms with van der Waals surface area (Å²) in [5.74, 6) is 0. The Morgan fingerprint density at radius 2 is 0.600 bits per heavy atom. The smallest absolute Gasteiger partial charge is 2.00 e. The molecule has 0 aromatic rings. The Morgan fingerprint density at radius 3 is 0.600 bits per heavy atom. The maximum absolute atomic E-state index is 8.58. The molecule has 0 radical (unpaired) electrons. The molecule has 0 aromatic heterocycles. The Labute approximate surface area is 106 Å². The van der Waals surface area contributed by atoms with E-state index in [2.05, 4.69) is 0 Å². The quantitative estimate of drug-likeness (QED) is 0.578. The minimum Gasteiger partial charge on any atom is 2.00 e. The van der Waals surface area contributed by atoms with Gasteiger partial charge < -0.3 is 0 Å². The minimum absolute atomic E-state index is 0. The number of hydrogen-bond donors (Lipinski definition) is 0. The van der Waals surface area contributed by atoms with Gasteiger partial charge in [0.25, 0.3) is 0 Å². The maximum Gasteiger partial charge on any atom is 2.00 e. The summed E-state index contributed by atoms with van der Waals surface area (Å²) in [6.07, 6.45) is 0. The van der Waals surface area contributed by atoms with E-state index in [9.17, 15) is 0 Å². The molecule has 0 rings (SSSR count). The monoisotopic (exact) mass is 324 g/mol. The van der Waals surface area contributed by atoms with Crippen LogP contribution < -0.4 is 0 Å². The van der Waals surface area contributed by atoms with Crippen LogP contribution in [0.25, 0.3) is 0 Å². The van der Waals surface area contributed by atoms with Crippen molar-refractivity contribution in [1.82, 2.24) is 0 Å². The van der Waals surface area contributed by atoms with E-state index in [1.54, 1.807) is 0 Å². The standard InChI is InChI=1S/6CN.3Fe/c6*1-2;;;/q;;;;;;-4;2*+2. The first-order chi connectivity index (χ1) is 5.97. The SMILES string of the molecule is N#[C][Fe-4]([C]#N)([C]#N)([C]#N)([C]#N)[C]#N.[Fe+2].[Fe+2]. The van der Waals surface area contributed by atoms with E-state index in [1.165, 1.54) is 0 Å². The number of nitriles is 6. The summed E-state index contributed by atoms with van der Waals surface area (Å²) >= 11 is 0. The van der Waals surface area contributed by atoms with Gasteiger partial charge in [0.05, 0.1) is 0 Å². The van der Waals surface area contributed by atoms with Gasteiger partial charge in [-0.25, -0.2) is 0 Å². The zero-order valence-electron chi connectivity index (χ0n) is 6.74. The molecule has 6 nitrogen and oxygen atoms in total. The van der Waals surface area contributed by atoms with Crippen LogP contribution in [-0.2, 0) is 44.9 Å². The van der Waals surface area contributed by atoms with E-state index in [0.717, 1.165) is 29.8 Å². The van der Waals surface area contributed by atoms with Gasteiger partial charge in [-0.15, -0.1) is 0 Å². The van der Waals surface area contributed by atoms with Crippen molar-refractivity contribution in [3.05, 3.63) is 0 Å². The van der Waals surface area contributed by atoms with E-state index >= 15 is 0 Å². The van der Waals surface area contributed by atoms with E-state index < -0.39 is 10.7 Å². The van der Waals surface area contributed by atoms with E-state index in [-0.39, 0.29) is 34.1 Å². The molecule has 0 amide bonds. The third kappa shape index (κ3) is 1.70. The second kappa shape index (κ2) is 4.35. The summed E-state index contributed by atoms with van der Waals surface area (Å²) in [7, 11) is -6.17.